The Kier molecular flexibility index (Phi) is 4.40. The van der Waals surface area contributed by atoms with Crippen LogP contribution in [0.15, 0.2) is 58.0 Å². The van der Waals surface area contributed by atoms with E-state index in [0.29, 0.717) is 15.8 Å². The number of alkyl halides is 1. The lowest BCUT2D eigenvalue weighted by Crippen LogP contribution is -2.09. The van der Waals surface area contributed by atoms with Crippen LogP contribution in [0.1, 0.15) is 10.3 Å². The molecule has 4 nitrogen and oxygen atoms in total. The third-order valence-electron chi connectivity index (χ3n) is 3.58. The van der Waals surface area contributed by atoms with Gasteiger partial charge in [0, 0.05) is 27.1 Å². The van der Waals surface area contributed by atoms with Crippen LogP contribution in [0.2, 0.25) is 0 Å². The number of aromatic nitrogens is 1. The van der Waals surface area contributed by atoms with Crippen molar-refractivity contribution in [2.45, 2.75) is 9.60 Å². The van der Waals surface area contributed by atoms with E-state index in [4.69, 9.17) is 16.3 Å². The molecule has 0 fully saturated rings. The normalized spacial score (nSPS) is 13.2. The van der Waals surface area contributed by atoms with Crippen molar-refractivity contribution in [3.63, 3.8) is 0 Å². The molecule has 1 atom stereocenters. The molecule has 0 radical (unpaired) electrons. The van der Waals surface area contributed by atoms with E-state index in [1.807, 2.05) is 24.3 Å². The van der Waals surface area contributed by atoms with Gasteiger partial charge in [-0.15, -0.1) is 0 Å². The molecule has 0 saturated carbocycles. The molecule has 1 aromatic heterocycles. The predicted octanol–water partition coefficient (Wildman–Crippen LogP) is 4.65. The number of ether oxygens (including phenoxy) is 1. The number of rotatable bonds is 4. The van der Waals surface area contributed by atoms with Gasteiger partial charge in [-0.1, -0.05) is 29.8 Å². The highest BCUT2D eigenvalue weighted by atomic mass is 79.9. The molecule has 0 bridgehead atoms. The van der Waals surface area contributed by atoms with Gasteiger partial charge in [0.05, 0.1) is 12.0 Å². The van der Waals surface area contributed by atoms with Crippen LogP contribution < -0.4 is 4.74 Å². The van der Waals surface area contributed by atoms with Crippen molar-refractivity contribution in [1.82, 2.24) is 4.98 Å². The highest BCUT2D eigenvalue weighted by molar-refractivity contribution is 9.10. The largest absolute Gasteiger partial charge is 0.497 e. The minimum absolute atomic E-state index is 0.128. The van der Waals surface area contributed by atoms with Crippen molar-refractivity contribution in [2.24, 2.45) is 0 Å². The lowest BCUT2D eigenvalue weighted by molar-refractivity contribution is 0.414. The van der Waals surface area contributed by atoms with Gasteiger partial charge in [-0.05, 0) is 40.2 Å². The van der Waals surface area contributed by atoms with E-state index in [-0.39, 0.29) is 4.90 Å². The minimum Gasteiger partial charge on any atom is -0.497 e. The molecule has 0 spiro atoms. The fourth-order valence-electron chi connectivity index (χ4n) is 2.40. The molecule has 0 aliphatic rings. The molecule has 1 heterocycles. The summed E-state index contributed by atoms with van der Waals surface area (Å²) in [5.41, 5.74) is 1.38. The second-order valence-corrected chi connectivity index (χ2v) is 8.50. The molecular formula is C16H13BrClNO3S. The molecule has 0 saturated heterocycles. The number of halogens is 2. The molecule has 0 amide bonds. The summed E-state index contributed by atoms with van der Waals surface area (Å²) in [6.07, 6.45) is 1.64. The molecule has 3 rings (SSSR count). The highest BCUT2D eigenvalue weighted by Crippen LogP contribution is 2.39. The van der Waals surface area contributed by atoms with Crippen LogP contribution in [0.3, 0.4) is 0 Å². The van der Waals surface area contributed by atoms with Gasteiger partial charge in [0.1, 0.15) is 5.75 Å². The standard InChI is InChI=1S/C16H13BrClNO3S/c1-22-10-6-7-15(13(17)8-10)23(20,21)16(18)12-9-19-14-5-3-2-4-11(12)14/h2-9,16,19H,1H3. The van der Waals surface area contributed by atoms with Crippen LogP contribution in [0.25, 0.3) is 10.9 Å². The van der Waals surface area contributed by atoms with E-state index in [9.17, 15) is 8.42 Å². The molecule has 0 aliphatic carbocycles. The maximum Gasteiger partial charge on any atom is 0.200 e. The number of aromatic amines is 1. The maximum absolute atomic E-state index is 12.9. The summed E-state index contributed by atoms with van der Waals surface area (Å²) in [6, 6.07) is 12.1. The topological polar surface area (TPSA) is 59.2 Å². The van der Waals surface area contributed by atoms with Gasteiger partial charge in [0.15, 0.2) is 4.71 Å². The lowest BCUT2D eigenvalue weighted by Gasteiger charge is -2.13. The monoisotopic (exact) mass is 413 g/mol. The summed E-state index contributed by atoms with van der Waals surface area (Å²) in [4.78, 5) is 3.17. The molecule has 23 heavy (non-hydrogen) atoms. The van der Waals surface area contributed by atoms with Gasteiger partial charge in [-0.25, -0.2) is 8.42 Å². The minimum atomic E-state index is -3.77. The third-order valence-corrected chi connectivity index (χ3v) is 7.21. The van der Waals surface area contributed by atoms with Crippen molar-refractivity contribution in [3.05, 3.63) is 58.7 Å². The fourth-order valence-corrected chi connectivity index (χ4v) is 5.24. The molecular weight excluding hydrogens is 402 g/mol. The van der Waals surface area contributed by atoms with E-state index < -0.39 is 14.5 Å². The average molecular weight is 415 g/mol. The quantitative estimate of drug-likeness (QED) is 0.632. The molecule has 1 N–H and O–H groups in total. The third kappa shape index (κ3) is 2.86. The van der Waals surface area contributed by atoms with Crippen molar-refractivity contribution >= 4 is 48.3 Å². The Hall–Kier alpha value is -1.50. The molecule has 0 aliphatic heterocycles. The Labute approximate surface area is 147 Å². The van der Waals surface area contributed by atoms with Crippen LogP contribution in [0.4, 0.5) is 0 Å². The zero-order valence-electron chi connectivity index (χ0n) is 12.1. The summed E-state index contributed by atoms with van der Waals surface area (Å²) >= 11 is 9.62. The van der Waals surface area contributed by atoms with Crippen molar-refractivity contribution in [2.75, 3.05) is 7.11 Å². The van der Waals surface area contributed by atoms with E-state index in [2.05, 4.69) is 20.9 Å². The Morgan fingerprint density at radius 2 is 1.96 bits per heavy atom. The number of benzene rings is 2. The van der Waals surface area contributed by atoms with E-state index in [0.717, 1.165) is 10.9 Å². The van der Waals surface area contributed by atoms with Crippen LogP contribution in [0.5, 0.6) is 5.75 Å². The average Bonchev–Trinajstić information content (AvgIpc) is 2.97. The van der Waals surface area contributed by atoms with E-state index in [1.54, 1.807) is 18.3 Å². The number of hydrogen-bond acceptors (Lipinski definition) is 3. The first-order valence-corrected chi connectivity index (χ1v) is 9.50. The van der Waals surface area contributed by atoms with Crippen LogP contribution in [-0.2, 0) is 9.84 Å². The van der Waals surface area contributed by atoms with Gasteiger partial charge >= 0.3 is 0 Å². The van der Waals surface area contributed by atoms with Crippen LogP contribution in [-0.4, -0.2) is 20.5 Å². The number of H-pyrrole nitrogens is 1. The zero-order valence-corrected chi connectivity index (χ0v) is 15.2. The first kappa shape index (κ1) is 16.4. The molecule has 3 aromatic rings. The number of sulfone groups is 1. The summed E-state index contributed by atoms with van der Waals surface area (Å²) < 4.78 is 30.1. The Bertz CT molecular complexity index is 968. The summed E-state index contributed by atoms with van der Waals surface area (Å²) in [5, 5.41) is 0.792. The molecule has 2 aromatic carbocycles. The number of methoxy groups -OCH3 is 1. The van der Waals surface area contributed by atoms with Gasteiger partial charge in [0.25, 0.3) is 0 Å². The van der Waals surface area contributed by atoms with Crippen molar-refractivity contribution < 1.29 is 13.2 Å². The first-order chi connectivity index (χ1) is 10.9. The fraction of sp³-hybridized carbons (Fsp3) is 0.125. The summed E-state index contributed by atoms with van der Waals surface area (Å²) in [6.45, 7) is 0. The van der Waals surface area contributed by atoms with Crippen LogP contribution in [0, 0.1) is 0 Å². The zero-order chi connectivity index (χ0) is 16.6. The van der Waals surface area contributed by atoms with Crippen molar-refractivity contribution in [1.29, 1.82) is 0 Å². The molecule has 120 valence electrons. The smallest absolute Gasteiger partial charge is 0.200 e. The second-order valence-electron chi connectivity index (χ2n) is 4.95. The van der Waals surface area contributed by atoms with Gasteiger partial charge in [0.2, 0.25) is 9.84 Å². The number of nitrogens with one attached hydrogen (secondary N) is 1. The van der Waals surface area contributed by atoms with Crippen LogP contribution >= 0.6 is 27.5 Å². The number of fused-ring (bicyclic) bond motifs is 1. The first-order valence-electron chi connectivity index (χ1n) is 6.72. The second kappa shape index (κ2) is 6.19. The molecule has 7 heteroatoms. The Balaban J connectivity index is 2.09. The maximum atomic E-state index is 12.9. The summed E-state index contributed by atoms with van der Waals surface area (Å²) in [7, 11) is -2.25. The lowest BCUT2D eigenvalue weighted by atomic mass is 10.2. The molecule has 1 unspecified atom stereocenters. The SMILES string of the molecule is COc1ccc(S(=O)(=O)C(Cl)c2c[nH]c3ccccc23)c(Br)c1. The highest BCUT2D eigenvalue weighted by Gasteiger charge is 2.31. The number of para-hydroxylation sites is 1. The predicted molar refractivity (Wildman–Crippen MR) is 94.8 cm³/mol. The summed E-state index contributed by atoms with van der Waals surface area (Å²) in [5.74, 6) is 0.564. The Morgan fingerprint density at radius 3 is 2.65 bits per heavy atom. The van der Waals surface area contributed by atoms with Gasteiger partial charge in [-0.3, -0.25) is 0 Å². The van der Waals surface area contributed by atoms with Gasteiger partial charge in [-0.2, -0.15) is 0 Å². The Morgan fingerprint density at radius 1 is 1.22 bits per heavy atom. The van der Waals surface area contributed by atoms with Gasteiger partial charge < -0.3 is 9.72 Å². The van der Waals surface area contributed by atoms with E-state index >= 15 is 0 Å². The van der Waals surface area contributed by atoms with Crippen molar-refractivity contribution in [3.8, 4) is 5.75 Å². The van der Waals surface area contributed by atoms with E-state index in [1.165, 1.54) is 13.2 Å². The number of hydrogen-bond donors (Lipinski definition) is 1.